The van der Waals surface area contributed by atoms with Crippen molar-refractivity contribution in [2.45, 2.75) is 41.0 Å². The van der Waals surface area contributed by atoms with Gasteiger partial charge in [0.05, 0.1) is 13.7 Å². The Morgan fingerprint density at radius 1 is 1.08 bits per heavy atom. The van der Waals surface area contributed by atoms with Crippen molar-refractivity contribution >= 4 is 6.08 Å². The van der Waals surface area contributed by atoms with Gasteiger partial charge in [-0.15, -0.1) is 0 Å². The molecule has 0 saturated heterocycles. The molecule has 0 bridgehead atoms. The molecule has 1 aromatic rings. The molecule has 0 spiro atoms. The van der Waals surface area contributed by atoms with Crippen LogP contribution in [0.4, 0.5) is 0 Å². The van der Waals surface area contributed by atoms with E-state index >= 15 is 0 Å². The fourth-order valence-corrected chi connectivity index (χ4v) is 2.47. The molecular formula is C21H29NO2. The molecule has 0 amide bonds. The van der Waals surface area contributed by atoms with Gasteiger partial charge in [-0.3, -0.25) is 0 Å². The number of ether oxygens (including phenoxy) is 2. The van der Waals surface area contributed by atoms with Crippen molar-refractivity contribution in [3.8, 4) is 11.5 Å². The molecule has 3 heteroatoms. The van der Waals surface area contributed by atoms with Gasteiger partial charge in [0, 0.05) is 17.6 Å². The molecule has 24 heavy (non-hydrogen) atoms. The Bertz CT molecular complexity index is 645. The molecule has 0 atom stereocenters. The molecule has 0 unspecified atom stereocenters. The maximum absolute atomic E-state index is 5.97. The van der Waals surface area contributed by atoms with E-state index in [0.29, 0.717) is 6.61 Å². The summed E-state index contributed by atoms with van der Waals surface area (Å²) >= 11 is 0. The topological polar surface area (TPSA) is 21.7 Å². The lowest BCUT2D eigenvalue weighted by atomic mass is 9.99. The minimum atomic E-state index is 0.106. The normalized spacial score (nSPS) is 15.3. The second-order valence-electron chi connectivity index (χ2n) is 7.37. The fourth-order valence-electron chi connectivity index (χ4n) is 2.47. The van der Waals surface area contributed by atoms with Crippen molar-refractivity contribution in [2.75, 3.05) is 13.7 Å². The Kier molecular flexibility index (Phi) is 5.76. The largest absolute Gasteiger partial charge is 0.493 e. The van der Waals surface area contributed by atoms with E-state index in [1.165, 1.54) is 11.4 Å². The van der Waals surface area contributed by atoms with Gasteiger partial charge >= 0.3 is 0 Å². The zero-order valence-electron chi connectivity index (χ0n) is 15.7. The predicted octanol–water partition coefficient (Wildman–Crippen LogP) is 5.60. The van der Waals surface area contributed by atoms with Gasteiger partial charge in [0.15, 0.2) is 11.5 Å². The monoisotopic (exact) mass is 327 g/mol. The van der Waals surface area contributed by atoms with Crippen LogP contribution in [-0.2, 0) is 0 Å². The van der Waals surface area contributed by atoms with Gasteiger partial charge < -0.3 is 14.4 Å². The molecule has 2 rings (SSSR count). The highest BCUT2D eigenvalue weighted by Gasteiger charge is 2.14. The van der Waals surface area contributed by atoms with Crippen LogP contribution in [0.5, 0.6) is 11.5 Å². The van der Waals surface area contributed by atoms with Crippen LogP contribution in [0.25, 0.3) is 6.08 Å². The number of methoxy groups -OCH3 is 1. The average molecular weight is 327 g/mol. The number of benzene rings is 1. The van der Waals surface area contributed by atoms with Crippen LogP contribution in [-0.4, -0.2) is 18.6 Å². The van der Waals surface area contributed by atoms with Gasteiger partial charge in [-0.05, 0) is 49.5 Å². The molecule has 0 saturated carbocycles. The summed E-state index contributed by atoms with van der Waals surface area (Å²) in [6.45, 7) is 11.4. The highest BCUT2D eigenvalue weighted by atomic mass is 16.5. The molecule has 130 valence electrons. The summed E-state index contributed by atoms with van der Waals surface area (Å²) in [7, 11) is 1.67. The first-order valence-electron chi connectivity index (χ1n) is 8.42. The smallest absolute Gasteiger partial charge is 0.161 e. The third-order valence-corrected chi connectivity index (χ3v) is 3.85. The van der Waals surface area contributed by atoms with Crippen LogP contribution in [0.1, 0.15) is 46.6 Å². The highest BCUT2D eigenvalue weighted by Crippen LogP contribution is 2.30. The van der Waals surface area contributed by atoms with E-state index in [4.69, 9.17) is 9.47 Å². The maximum Gasteiger partial charge on any atom is 0.161 e. The van der Waals surface area contributed by atoms with Crippen LogP contribution in [0.3, 0.4) is 0 Å². The molecule has 0 radical (unpaired) electrons. The van der Waals surface area contributed by atoms with Crippen LogP contribution >= 0.6 is 0 Å². The molecule has 0 N–H and O–H groups in total. The molecule has 1 heterocycles. The Hall–Kier alpha value is -2.16. The SMILES string of the molecule is COc1ccc(/C=C/N2C(C)=CCC=C2C)cc1OCC(C)(C)C. The predicted molar refractivity (Wildman–Crippen MR) is 101 cm³/mol. The van der Waals surface area contributed by atoms with Crippen molar-refractivity contribution in [3.05, 3.63) is 53.5 Å². The maximum atomic E-state index is 5.97. The van der Waals surface area contributed by atoms with E-state index in [2.05, 4.69) is 63.9 Å². The number of nitrogens with zero attached hydrogens (tertiary/aromatic N) is 1. The minimum absolute atomic E-state index is 0.106. The second-order valence-corrected chi connectivity index (χ2v) is 7.37. The van der Waals surface area contributed by atoms with Crippen molar-refractivity contribution in [2.24, 2.45) is 5.41 Å². The van der Waals surface area contributed by atoms with Crippen molar-refractivity contribution in [1.29, 1.82) is 0 Å². The summed E-state index contributed by atoms with van der Waals surface area (Å²) < 4.78 is 11.4. The van der Waals surface area contributed by atoms with Gasteiger partial charge in [-0.25, -0.2) is 0 Å². The minimum Gasteiger partial charge on any atom is -0.493 e. The Balaban J connectivity index is 2.19. The van der Waals surface area contributed by atoms with E-state index in [-0.39, 0.29) is 5.41 Å². The van der Waals surface area contributed by atoms with Gasteiger partial charge in [0.25, 0.3) is 0 Å². The van der Waals surface area contributed by atoms with Gasteiger partial charge in [0.1, 0.15) is 0 Å². The molecule has 0 fully saturated rings. The van der Waals surface area contributed by atoms with Crippen molar-refractivity contribution < 1.29 is 9.47 Å². The fraction of sp³-hybridized carbons (Fsp3) is 0.429. The first kappa shape index (κ1) is 18.2. The van der Waals surface area contributed by atoms with E-state index in [1.54, 1.807) is 7.11 Å². The van der Waals surface area contributed by atoms with Crippen LogP contribution in [0.2, 0.25) is 0 Å². The number of hydrogen-bond donors (Lipinski definition) is 0. The average Bonchev–Trinajstić information content (AvgIpc) is 2.52. The summed E-state index contributed by atoms with van der Waals surface area (Å²) in [5, 5.41) is 0. The summed E-state index contributed by atoms with van der Waals surface area (Å²) in [4.78, 5) is 2.20. The lowest BCUT2D eigenvalue weighted by molar-refractivity contribution is 0.191. The number of hydrogen-bond acceptors (Lipinski definition) is 3. The molecule has 0 aliphatic carbocycles. The number of rotatable bonds is 5. The van der Waals surface area contributed by atoms with E-state index in [1.807, 2.05) is 18.2 Å². The lowest BCUT2D eigenvalue weighted by Crippen LogP contribution is -2.17. The van der Waals surface area contributed by atoms with Gasteiger partial charge in [0.2, 0.25) is 0 Å². The van der Waals surface area contributed by atoms with Crippen LogP contribution in [0, 0.1) is 5.41 Å². The Morgan fingerprint density at radius 2 is 1.75 bits per heavy atom. The van der Waals surface area contributed by atoms with Crippen molar-refractivity contribution in [1.82, 2.24) is 4.90 Å². The zero-order chi connectivity index (χ0) is 17.7. The first-order valence-corrected chi connectivity index (χ1v) is 8.42. The lowest BCUT2D eigenvalue weighted by Gasteiger charge is -2.25. The third kappa shape index (κ3) is 4.92. The third-order valence-electron chi connectivity index (χ3n) is 3.85. The summed E-state index contributed by atoms with van der Waals surface area (Å²) in [6, 6.07) is 6.03. The van der Waals surface area contributed by atoms with E-state index in [0.717, 1.165) is 23.5 Å². The van der Waals surface area contributed by atoms with Gasteiger partial charge in [-0.1, -0.05) is 39.0 Å². The summed E-state index contributed by atoms with van der Waals surface area (Å²) in [5.41, 5.74) is 3.70. The summed E-state index contributed by atoms with van der Waals surface area (Å²) in [5.74, 6) is 1.55. The molecular weight excluding hydrogens is 298 g/mol. The Labute approximate surface area is 146 Å². The first-order chi connectivity index (χ1) is 11.3. The van der Waals surface area contributed by atoms with Crippen LogP contribution < -0.4 is 9.47 Å². The Morgan fingerprint density at radius 3 is 2.33 bits per heavy atom. The number of allylic oxidation sites excluding steroid dienone is 4. The molecule has 3 nitrogen and oxygen atoms in total. The highest BCUT2D eigenvalue weighted by molar-refractivity contribution is 5.56. The quantitative estimate of drug-likeness (QED) is 0.702. The molecule has 1 aliphatic rings. The second kappa shape index (κ2) is 7.61. The van der Waals surface area contributed by atoms with Crippen LogP contribution in [0.15, 0.2) is 47.9 Å². The zero-order valence-corrected chi connectivity index (χ0v) is 15.7. The van der Waals surface area contributed by atoms with E-state index < -0.39 is 0 Å². The molecule has 0 aromatic heterocycles. The summed E-state index contributed by atoms with van der Waals surface area (Å²) in [6.07, 6.45) is 9.66. The van der Waals surface area contributed by atoms with Gasteiger partial charge in [-0.2, -0.15) is 0 Å². The van der Waals surface area contributed by atoms with Crippen molar-refractivity contribution in [3.63, 3.8) is 0 Å². The van der Waals surface area contributed by atoms with E-state index in [9.17, 15) is 0 Å². The molecule has 1 aromatic carbocycles. The standard InChI is InChI=1S/C21H29NO2/c1-16-8-7-9-17(2)22(16)13-12-18-10-11-19(23-6)20(14-18)24-15-21(3,4)5/h8-14H,7,15H2,1-6H3/b13-12+. The molecule has 1 aliphatic heterocycles.